The Balaban J connectivity index is 0.00000288. The minimum atomic E-state index is -0.849. The van der Waals surface area contributed by atoms with Crippen molar-refractivity contribution in [3.05, 3.63) is 65.2 Å². The number of carboxylic acids is 1. The molecule has 0 aromatic heterocycles. The predicted molar refractivity (Wildman–Crippen MR) is 101 cm³/mol. The van der Waals surface area contributed by atoms with Gasteiger partial charge in [-0.2, -0.15) is 13.5 Å². The quantitative estimate of drug-likeness (QED) is 0.798. The van der Waals surface area contributed by atoms with Crippen molar-refractivity contribution >= 4 is 19.5 Å². The van der Waals surface area contributed by atoms with Gasteiger partial charge in [-0.1, -0.05) is 42.3 Å². The van der Waals surface area contributed by atoms with Crippen molar-refractivity contribution < 1.29 is 14.6 Å². The van der Waals surface area contributed by atoms with Crippen molar-refractivity contribution in [2.24, 2.45) is 0 Å². The van der Waals surface area contributed by atoms with Gasteiger partial charge >= 0.3 is 5.97 Å². The van der Waals surface area contributed by atoms with Crippen LogP contribution in [0.5, 0.6) is 5.75 Å². The fourth-order valence-electron chi connectivity index (χ4n) is 2.33. The van der Waals surface area contributed by atoms with Crippen LogP contribution >= 0.6 is 13.5 Å². The zero-order valence-corrected chi connectivity index (χ0v) is 14.9. The van der Waals surface area contributed by atoms with Crippen LogP contribution in [0.4, 0.5) is 0 Å². The Labute approximate surface area is 150 Å². The van der Waals surface area contributed by atoms with Gasteiger partial charge in [0.1, 0.15) is 12.4 Å². The first kappa shape index (κ1) is 19.7. The van der Waals surface area contributed by atoms with Crippen LogP contribution in [0, 0.1) is 18.8 Å². The molecule has 0 unspecified atom stereocenters. The highest BCUT2D eigenvalue weighted by Gasteiger charge is 2.13. The molecular formula is C20H22O3S. The van der Waals surface area contributed by atoms with E-state index in [1.54, 1.807) is 6.92 Å². The van der Waals surface area contributed by atoms with Gasteiger partial charge in [-0.3, -0.25) is 4.79 Å². The molecule has 0 bridgehead atoms. The van der Waals surface area contributed by atoms with E-state index in [9.17, 15) is 4.79 Å². The topological polar surface area (TPSA) is 46.5 Å². The number of aliphatic carboxylic acids is 1. The molecule has 0 saturated heterocycles. The lowest BCUT2D eigenvalue weighted by Gasteiger charge is -2.11. The molecule has 4 heteroatoms. The zero-order chi connectivity index (χ0) is 16.7. The summed E-state index contributed by atoms with van der Waals surface area (Å²) in [6.07, 6.45) is 0.00422. The van der Waals surface area contributed by atoms with E-state index < -0.39 is 5.97 Å². The first-order valence-corrected chi connectivity index (χ1v) is 7.51. The van der Waals surface area contributed by atoms with Crippen molar-refractivity contribution in [2.45, 2.75) is 32.8 Å². The molecule has 1 N–H and O–H groups in total. The first-order chi connectivity index (χ1) is 11.1. The monoisotopic (exact) mass is 342 g/mol. The predicted octanol–water partition coefficient (Wildman–Crippen LogP) is 4.27. The summed E-state index contributed by atoms with van der Waals surface area (Å²) < 4.78 is 5.80. The average Bonchev–Trinajstić information content (AvgIpc) is 2.54. The molecule has 0 amide bonds. The SMILES string of the molecule is CC#C[C@@H](CC(=O)O)c1ccc(OCc2ccccc2C)cc1.S. The van der Waals surface area contributed by atoms with Crippen LogP contribution in [-0.2, 0) is 11.4 Å². The summed E-state index contributed by atoms with van der Waals surface area (Å²) in [6.45, 7) is 4.29. The normalized spacial score (nSPS) is 10.8. The van der Waals surface area contributed by atoms with E-state index in [4.69, 9.17) is 9.84 Å². The third kappa shape index (κ3) is 5.68. The highest BCUT2D eigenvalue weighted by molar-refractivity contribution is 7.59. The Morgan fingerprint density at radius 1 is 1.17 bits per heavy atom. The number of hydrogen-bond donors (Lipinski definition) is 1. The third-order valence-electron chi connectivity index (χ3n) is 3.64. The summed E-state index contributed by atoms with van der Waals surface area (Å²) >= 11 is 0. The lowest BCUT2D eigenvalue weighted by molar-refractivity contribution is -0.137. The highest BCUT2D eigenvalue weighted by Crippen LogP contribution is 2.23. The van der Waals surface area contributed by atoms with Crippen molar-refractivity contribution in [3.63, 3.8) is 0 Å². The van der Waals surface area contributed by atoms with Gasteiger partial charge in [-0.05, 0) is 42.7 Å². The molecule has 0 aliphatic carbocycles. The average molecular weight is 342 g/mol. The second-order valence-electron chi connectivity index (χ2n) is 5.33. The smallest absolute Gasteiger partial charge is 0.304 e. The Morgan fingerprint density at radius 3 is 2.42 bits per heavy atom. The minimum Gasteiger partial charge on any atom is -0.489 e. The molecule has 2 rings (SSSR count). The van der Waals surface area contributed by atoms with E-state index in [1.807, 2.05) is 42.5 Å². The maximum absolute atomic E-state index is 10.9. The molecule has 2 aromatic rings. The highest BCUT2D eigenvalue weighted by atomic mass is 32.1. The van der Waals surface area contributed by atoms with Crippen LogP contribution in [0.1, 0.15) is 36.0 Å². The van der Waals surface area contributed by atoms with Crippen LogP contribution in [0.3, 0.4) is 0 Å². The number of aryl methyl sites for hydroxylation is 1. The van der Waals surface area contributed by atoms with E-state index in [0.29, 0.717) is 6.61 Å². The summed E-state index contributed by atoms with van der Waals surface area (Å²) in [4.78, 5) is 10.9. The standard InChI is InChI=1S/C20H20O3.H2S/c1-3-6-17(13-20(21)22)16-9-11-19(12-10-16)23-14-18-8-5-4-7-15(18)2;/h4-5,7-12,17H,13-14H2,1-2H3,(H,21,22);1H2/t17-;/m0./s1. The molecule has 0 aliphatic rings. The van der Waals surface area contributed by atoms with Crippen LogP contribution < -0.4 is 4.74 Å². The van der Waals surface area contributed by atoms with Gasteiger partial charge in [-0.15, -0.1) is 5.92 Å². The number of ether oxygens (including phenoxy) is 1. The summed E-state index contributed by atoms with van der Waals surface area (Å²) in [6, 6.07) is 15.6. The number of hydrogen-bond acceptors (Lipinski definition) is 2. The van der Waals surface area contributed by atoms with Crippen LogP contribution in [0.25, 0.3) is 0 Å². The number of carbonyl (C=O) groups is 1. The molecule has 24 heavy (non-hydrogen) atoms. The molecule has 0 radical (unpaired) electrons. The third-order valence-corrected chi connectivity index (χ3v) is 3.64. The Morgan fingerprint density at radius 2 is 1.83 bits per heavy atom. The molecule has 3 nitrogen and oxygen atoms in total. The van der Waals surface area contributed by atoms with Crippen molar-refractivity contribution in [1.29, 1.82) is 0 Å². The number of rotatable bonds is 6. The lowest BCUT2D eigenvalue weighted by Crippen LogP contribution is -2.04. The van der Waals surface area contributed by atoms with Crippen LogP contribution in [0.15, 0.2) is 48.5 Å². The van der Waals surface area contributed by atoms with Crippen LogP contribution in [0.2, 0.25) is 0 Å². The van der Waals surface area contributed by atoms with E-state index in [1.165, 1.54) is 5.56 Å². The fraction of sp³-hybridized carbons (Fsp3) is 0.250. The van der Waals surface area contributed by atoms with Gasteiger partial charge in [0, 0.05) is 0 Å². The molecule has 0 fully saturated rings. The van der Waals surface area contributed by atoms with Gasteiger partial charge in [0.25, 0.3) is 0 Å². The molecule has 2 aromatic carbocycles. The Kier molecular flexibility index (Phi) is 7.94. The zero-order valence-electron chi connectivity index (χ0n) is 13.9. The summed E-state index contributed by atoms with van der Waals surface area (Å²) in [7, 11) is 0. The van der Waals surface area contributed by atoms with Crippen molar-refractivity contribution in [2.75, 3.05) is 0 Å². The molecule has 0 saturated carbocycles. The van der Waals surface area contributed by atoms with E-state index >= 15 is 0 Å². The van der Waals surface area contributed by atoms with Gasteiger partial charge < -0.3 is 9.84 Å². The Hall–Kier alpha value is -2.38. The second-order valence-corrected chi connectivity index (χ2v) is 5.33. The maximum Gasteiger partial charge on any atom is 0.304 e. The molecule has 0 aliphatic heterocycles. The molecule has 126 valence electrons. The molecule has 0 spiro atoms. The van der Waals surface area contributed by atoms with E-state index in [2.05, 4.69) is 24.8 Å². The van der Waals surface area contributed by atoms with E-state index in [-0.39, 0.29) is 25.8 Å². The van der Waals surface area contributed by atoms with Crippen molar-refractivity contribution in [3.8, 4) is 17.6 Å². The van der Waals surface area contributed by atoms with Gasteiger partial charge in [0.05, 0.1) is 12.3 Å². The molecular weight excluding hydrogens is 320 g/mol. The van der Waals surface area contributed by atoms with E-state index in [0.717, 1.165) is 16.9 Å². The Bertz CT molecular complexity index is 727. The summed E-state index contributed by atoms with van der Waals surface area (Å²) in [5.41, 5.74) is 3.24. The second kappa shape index (κ2) is 9.69. The molecule has 1 atom stereocenters. The minimum absolute atomic E-state index is 0. The maximum atomic E-state index is 10.9. The van der Waals surface area contributed by atoms with Gasteiger partial charge in [0.15, 0.2) is 0 Å². The largest absolute Gasteiger partial charge is 0.489 e. The van der Waals surface area contributed by atoms with Crippen molar-refractivity contribution in [1.82, 2.24) is 0 Å². The van der Waals surface area contributed by atoms with Gasteiger partial charge in [-0.25, -0.2) is 0 Å². The lowest BCUT2D eigenvalue weighted by atomic mass is 9.96. The van der Waals surface area contributed by atoms with Gasteiger partial charge in [0.2, 0.25) is 0 Å². The summed E-state index contributed by atoms with van der Waals surface area (Å²) in [5, 5.41) is 8.97. The first-order valence-electron chi connectivity index (χ1n) is 7.51. The number of benzene rings is 2. The number of carboxylic acid groups (broad SMARTS) is 1. The van der Waals surface area contributed by atoms with Crippen LogP contribution in [-0.4, -0.2) is 11.1 Å². The molecule has 0 heterocycles. The summed E-state index contributed by atoms with van der Waals surface area (Å²) in [5.74, 6) is 5.36. The fourth-order valence-corrected chi connectivity index (χ4v) is 2.33.